The molecule has 10 heteroatoms. The molecule has 1 aliphatic carbocycles. The topological polar surface area (TPSA) is 72.7 Å². The normalized spacial score (nSPS) is 14.5. The second-order valence-corrected chi connectivity index (χ2v) is 7.63. The molecule has 0 radical (unpaired) electrons. The van der Waals surface area contributed by atoms with Gasteiger partial charge in [0.25, 0.3) is 0 Å². The summed E-state index contributed by atoms with van der Waals surface area (Å²) in [6.07, 6.45) is -1.35. The van der Waals surface area contributed by atoms with E-state index in [2.05, 4.69) is 36.3 Å². The zero-order valence-electron chi connectivity index (χ0n) is 14.7. The lowest BCUT2D eigenvalue weighted by atomic mass is 10.1. The average Bonchev–Trinajstić information content (AvgIpc) is 3.42. The van der Waals surface area contributed by atoms with Crippen molar-refractivity contribution in [1.29, 1.82) is 0 Å². The van der Waals surface area contributed by atoms with Crippen molar-refractivity contribution < 1.29 is 18.0 Å². The van der Waals surface area contributed by atoms with E-state index < -0.39 is 17.6 Å². The molecule has 1 N–H and O–H groups in total. The highest BCUT2D eigenvalue weighted by Gasteiger charge is 2.37. The van der Waals surface area contributed by atoms with Crippen molar-refractivity contribution >= 4 is 38.7 Å². The van der Waals surface area contributed by atoms with E-state index in [0.717, 1.165) is 23.4 Å². The number of nitrogens with zero attached hydrogens (tertiary/aromatic N) is 4. The quantitative estimate of drug-likeness (QED) is 0.633. The molecule has 0 atom stereocenters. The molecule has 3 heterocycles. The van der Waals surface area contributed by atoms with Gasteiger partial charge in [-0.2, -0.15) is 18.3 Å². The minimum Gasteiger partial charge on any atom is -0.309 e. The summed E-state index contributed by atoms with van der Waals surface area (Å²) in [6.45, 7) is 1.22. The van der Waals surface area contributed by atoms with Crippen LogP contribution in [0.25, 0.3) is 11.0 Å². The minimum absolute atomic E-state index is 0.0370. The molecule has 4 rings (SSSR count). The summed E-state index contributed by atoms with van der Waals surface area (Å²) in [6, 6.07) is 4.44. The molecule has 28 heavy (non-hydrogen) atoms. The fourth-order valence-corrected chi connectivity index (χ4v) is 3.30. The van der Waals surface area contributed by atoms with Gasteiger partial charge >= 0.3 is 6.18 Å². The van der Waals surface area contributed by atoms with Crippen LogP contribution in [0.5, 0.6) is 0 Å². The molecule has 3 aromatic rings. The lowest BCUT2D eigenvalue weighted by Gasteiger charge is -2.11. The number of pyridine rings is 2. The summed E-state index contributed by atoms with van der Waals surface area (Å²) in [7, 11) is 0. The highest BCUT2D eigenvalue weighted by Crippen LogP contribution is 2.43. The lowest BCUT2D eigenvalue weighted by molar-refractivity contribution is -0.136. The van der Waals surface area contributed by atoms with Crippen molar-refractivity contribution in [3.8, 4) is 0 Å². The van der Waals surface area contributed by atoms with E-state index in [1.165, 1.54) is 17.8 Å². The van der Waals surface area contributed by atoms with Crippen molar-refractivity contribution in [3.63, 3.8) is 0 Å². The monoisotopic (exact) mass is 453 g/mol. The Balaban J connectivity index is 1.70. The van der Waals surface area contributed by atoms with Crippen LogP contribution in [0.2, 0.25) is 0 Å². The second kappa shape index (κ2) is 6.84. The van der Waals surface area contributed by atoms with E-state index in [1.807, 2.05) is 0 Å². The molecule has 1 saturated carbocycles. The summed E-state index contributed by atoms with van der Waals surface area (Å²) < 4.78 is 42.8. The molecule has 0 aromatic carbocycles. The lowest BCUT2D eigenvalue weighted by Crippen LogP contribution is -2.20. The molecule has 146 valence electrons. The summed E-state index contributed by atoms with van der Waals surface area (Å²) in [4.78, 5) is 20.8. The molecule has 1 fully saturated rings. The molecule has 0 unspecified atom stereocenters. The van der Waals surface area contributed by atoms with Crippen LogP contribution in [0.1, 0.15) is 35.7 Å². The van der Waals surface area contributed by atoms with Crippen LogP contribution in [0.15, 0.2) is 28.9 Å². The third-order valence-electron chi connectivity index (χ3n) is 4.49. The molecule has 6 nitrogen and oxygen atoms in total. The first-order valence-electron chi connectivity index (χ1n) is 8.59. The van der Waals surface area contributed by atoms with Crippen molar-refractivity contribution in [2.24, 2.45) is 0 Å². The van der Waals surface area contributed by atoms with Gasteiger partial charge in [0.2, 0.25) is 5.91 Å². The van der Waals surface area contributed by atoms with Gasteiger partial charge in [0.1, 0.15) is 12.4 Å². The maximum absolute atomic E-state index is 13.6. The Bertz CT molecular complexity index is 1060. The number of amides is 1. The number of aromatic nitrogens is 4. The molecule has 1 amide bonds. The highest BCUT2D eigenvalue weighted by atomic mass is 79.9. The Morgan fingerprint density at radius 1 is 1.36 bits per heavy atom. The Morgan fingerprint density at radius 2 is 2.11 bits per heavy atom. The zero-order chi connectivity index (χ0) is 20.1. The number of anilines is 1. The third kappa shape index (κ3) is 3.73. The molecule has 0 spiro atoms. The van der Waals surface area contributed by atoms with Crippen LogP contribution >= 0.6 is 15.9 Å². The van der Waals surface area contributed by atoms with Crippen molar-refractivity contribution in [2.45, 2.75) is 38.4 Å². The van der Waals surface area contributed by atoms with Crippen LogP contribution in [-0.4, -0.2) is 25.7 Å². The number of halogens is 4. The largest absolute Gasteiger partial charge is 0.417 e. The minimum atomic E-state index is -4.52. The van der Waals surface area contributed by atoms with Crippen LogP contribution in [0.3, 0.4) is 0 Å². The molecule has 1 aliphatic rings. The van der Waals surface area contributed by atoms with Gasteiger partial charge in [0, 0.05) is 22.3 Å². The average molecular weight is 454 g/mol. The van der Waals surface area contributed by atoms with Crippen LogP contribution in [0.4, 0.5) is 19.0 Å². The van der Waals surface area contributed by atoms with Crippen molar-refractivity contribution in [2.75, 3.05) is 5.32 Å². The molecule has 0 bridgehead atoms. The van der Waals surface area contributed by atoms with E-state index in [1.54, 1.807) is 12.1 Å². The number of nitrogens with one attached hydrogen (secondary N) is 1. The fraction of sp³-hybridized carbons (Fsp3) is 0.333. The maximum Gasteiger partial charge on any atom is 0.417 e. The molecule has 3 aromatic heterocycles. The van der Waals surface area contributed by atoms with E-state index >= 15 is 0 Å². The smallest absolute Gasteiger partial charge is 0.309 e. The summed E-state index contributed by atoms with van der Waals surface area (Å²) in [5.74, 6) is -0.0784. The predicted molar refractivity (Wildman–Crippen MR) is 99.8 cm³/mol. The second-order valence-electron chi connectivity index (χ2n) is 6.72. The van der Waals surface area contributed by atoms with Crippen LogP contribution in [0, 0.1) is 6.92 Å². The summed E-state index contributed by atoms with van der Waals surface area (Å²) in [5, 5.41) is 6.69. The van der Waals surface area contributed by atoms with E-state index in [-0.39, 0.29) is 29.2 Å². The van der Waals surface area contributed by atoms with Gasteiger partial charge in [0.15, 0.2) is 5.65 Å². The van der Waals surface area contributed by atoms with Gasteiger partial charge in [-0.15, -0.1) is 0 Å². The van der Waals surface area contributed by atoms with Gasteiger partial charge in [-0.1, -0.05) is 0 Å². The van der Waals surface area contributed by atoms with E-state index in [0.29, 0.717) is 11.5 Å². The fourth-order valence-electron chi connectivity index (χ4n) is 3.06. The number of hydrogen-bond donors (Lipinski definition) is 1. The van der Waals surface area contributed by atoms with E-state index in [4.69, 9.17) is 0 Å². The maximum atomic E-state index is 13.6. The Hall–Kier alpha value is -2.49. The molecule has 0 aliphatic heterocycles. The van der Waals surface area contributed by atoms with Gasteiger partial charge < -0.3 is 5.32 Å². The zero-order valence-corrected chi connectivity index (χ0v) is 16.3. The van der Waals surface area contributed by atoms with Crippen LogP contribution < -0.4 is 5.32 Å². The Labute approximate surface area is 166 Å². The highest BCUT2D eigenvalue weighted by molar-refractivity contribution is 9.10. The number of carbonyl (C=O) groups is 1. The number of aryl methyl sites for hydroxylation is 1. The first-order chi connectivity index (χ1) is 13.2. The molecular weight excluding hydrogens is 439 g/mol. The first kappa shape index (κ1) is 18.9. The van der Waals surface area contributed by atoms with E-state index in [9.17, 15) is 18.0 Å². The number of alkyl halides is 3. The number of hydrogen-bond acceptors (Lipinski definition) is 4. The van der Waals surface area contributed by atoms with Gasteiger partial charge in [0.05, 0.1) is 16.6 Å². The molecular formula is C18H15BrF3N5O. The summed E-state index contributed by atoms with van der Waals surface area (Å²) in [5.41, 5.74) is -0.0889. The standard InChI is InChI=1S/C18H15BrF3N5O/c1-9-16-12(18(20,21)22)6-13(10-2-3-10)24-17(16)27(26-9)8-15(28)25-14-5-4-11(19)7-23-14/h4-7,10H,2-3,8H2,1H3,(H,23,25,28). The molecule has 0 saturated heterocycles. The predicted octanol–water partition coefficient (Wildman–Crippen LogP) is 4.43. The number of carbonyl (C=O) groups excluding carboxylic acids is 1. The van der Waals surface area contributed by atoms with Crippen molar-refractivity contribution in [3.05, 3.63) is 45.8 Å². The number of rotatable bonds is 4. The van der Waals surface area contributed by atoms with Gasteiger partial charge in [-0.05, 0) is 53.9 Å². The third-order valence-corrected chi connectivity index (χ3v) is 4.96. The SMILES string of the molecule is Cc1nn(CC(=O)Nc2ccc(Br)cn2)c2nc(C3CC3)cc(C(F)(F)F)c12. The van der Waals surface area contributed by atoms with Gasteiger partial charge in [-0.3, -0.25) is 4.79 Å². The first-order valence-corrected chi connectivity index (χ1v) is 9.38. The van der Waals surface area contributed by atoms with Crippen molar-refractivity contribution in [1.82, 2.24) is 19.7 Å². The Kier molecular flexibility index (Phi) is 4.60. The summed E-state index contributed by atoms with van der Waals surface area (Å²) >= 11 is 3.25. The van der Waals surface area contributed by atoms with Gasteiger partial charge in [-0.25, -0.2) is 14.6 Å². The Morgan fingerprint density at radius 3 is 2.71 bits per heavy atom. The number of fused-ring (bicyclic) bond motifs is 1. The van der Waals surface area contributed by atoms with Crippen LogP contribution in [-0.2, 0) is 17.5 Å².